The van der Waals surface area contributed by atoms with Gasteiger partial charge in [0.25, 0.3) is 0 Å². The zero-order valence-electron chi connectivity index (χ0n) is 11.2. The molecule has 4 nitrogen and oxygen atoms in total. The van der Waals surface area contributed by atoms with Gasteiger partial charge in [0, 0.05) is 27.3 Å². The number of rotatable bonds is 3. The lowest BCUT2D eigenvalue weighted by atomic mass is 10.1. The summed E-state index contributed by atoms with van der Waals surface area (Å²) in [6, 6.07) is 11.7. The number of nitrogens with one attached hydrogen (secondary N) is 1. The molecule has 3 rings (SSSR count). The number of carbonyl (C=O) groups is 1. The van der Waals surface area contributed by atoms with Gasteiger partial charge < -0.3 is 10.4 Å². The fourth-order valence-electron chi connectivity index (χ4n) is 2.18. The summed E-state index contributed by atoms with van der Waals surface area (Å²) in [5, 5.41) is 14.3. The van der Waals surface area contributed by atoms with Crippen LogP contribution in [0.15, 0.2) is 48.7 Å². The molecule has 0 bridgehead atoms. The first-order valence-corrected chi connectivity index (χ1v) is 7.14. The topological polar surface area (TPSA) is 62.2 Å². The average Bonchev–Trinajstić information content (AvgIpc) is 2.47. The van der Waals surface area contributed by atoms with Crippen molar-refractivity contribution in [2.75, 3.05) is 5.32 Å². The molecule has 22 heavy (non-hydrogen) atoms. The fourth-order valence-corrected chi connectivity index (χ4v) is 2.52. The number of nitrogens with zero attached hydrogens (tertiary/aromatic N) is 1. The average molecular weight is 333 g/mol. The highest BCUT2D eigenvalue weighted by atomic mass is 35.5. The van der Waals surface area contributed by atoms with Crippen LogP contribution in [-0.2, 0) is 0 Å². The minimum Gasteiger partial charge on any atom is -0.478 e. The number of aromatic nitrogens is 1. The summed E-state index contributed by atoms with van der Waals surface area (Å²) in [5.41, 5.74) is 2.01. The number of hydrogen-bond acceptors (Lipinski definition) is 3. The van der Waals surface area contributed by atoms with E-state index < -0.39 is 5.97 Å². The fraction of sp³-hybridized carbons (Fsp3) is 0. The molecule has 0 aliphatic carbocycles. The lowest BCUT2D eigenvalue weighted by Crippen LogP contribution is -2.03. The monoisotopic (exact) mass is 332 g/mol. The molecule has 110 valence electrons. The minimum absolute atomic E-state index is 0.142. The Morgan fingerprint density at radius 1 is 1.00 bits per heavy atom. The number of carboxylic acids is 1. The minimum atomic E-state index is -1.03. The van der Waals surface area contributed by atoms with Crippen LogP contribution < -0.4 is 5.32 Å². The van der Waals surface area contributed by atoms with Gasteiger partial charge in [-0.05, 0) is 42.5 Å². The number of carboxylic acid groups (broad SMARTS) is 1. The molecule has 0 radical (unpaired) electrons. The maximum Gasteiger partial charge on any atom is 0.337 e. The molecule has 6 heteroatoms. The second-order valence-electron chi connectivity index (χ2n) is 4.64. The maximum absolute atomic E-state index is 11.3. The predicted octanol–water partition coefficient (Wildman–Crippen LogP) is 4.98. The number of aromatic carboxylic acids is 1. The number of benzene rings is 2. The largest absolute Gasteiger partial charge is 0.478 e. The normalized spacial score (nSPS) is 10.6. The van der Waals surface area contributed by atoms with Crippen molar-refractivity contribution in [1.29, 1.82) is 0 Å². The molecule has 0 saturated heterocycles. The Bertz CT molecular complexity index is 881. The zero-order valence-corrected chi connectivity index (χ0v) is 12.7. The SMILES string of the molecule is O=C(O)c1ccc(Cl)cc1Nc1ccnc2cc(Cl)ccc12. The van der Waals surface area contributed by atoms with Gasteiger partial charge in [-0.1, -0.05) is 23.2 Å². The second kappa shape index (κ2) is 5.83. The highest BCUT2D eigenvalue weighted by molar-refractivity contribution is 6.31. The summed E-state index contributed by atoms with van der Waals surface area (Å²) in [6.45, 7) is 0. The van der Waals surface area contributed by atoms with Gasteiger partial charge in [-0.25, -0.2) is 4.79 Å². The molecule has 0 spiro atoms. The summed E-state index contributed by atoms with van der Waals surface area (Å²) < 4.78 is 0. The van der Waals surface area contributed by atoms with E-state index in [9.17, 15) is 9.90 Å². The van der Waals surface area contributed by atoms with Gasteiger partial charge in [0.2, 0.25) is 0 Å². The number of hydrogen-bond donors (Lipinski definition) is 2. The third-order valence-electron chi connectivity index (χ3n) is 3.19. The van der Waals surface area contributed by atoms with E-state index in [4.69, 9.17) is 23.2 Å². The van der Waals surface area contributed by atoms with Gasteiger partial charge in [-0.15, -0.1) is 0 Å². The summed E-state index contributed by atoms with van der Waals surface area (Å²) >= 11 is 11.9. The number of pyridine rings is 1. The predicted molar refractivity (Wildman–Crippen MR) is 88.4 cm³/mol. The Morgan fingerprint density at radius 3 is 2.50 bits per heavy atom. The third kappa shape index (κ3) is 2.84. The van der Waals surface area contributed by atoms with Gasteiger partial charge in [0.1, 0.15) is 0 Å². The Labute approximate surface area is 136 Å². The molecule has 0 atom stereocenters. The Kier molecular flexibility index (Phi) is 3.88. The molecule has 0 aliphatic rings. The maximum atomic E-state index is 11.3. The molecule has 2 aromatic carbocycles. The first-order chi connectivity index (χ1) is 10.5. The number of anilines is 2. The molecule has 3 aromatic rings. The molecule has 0 amide bonds. The van der Waals surface area contributed by atoms with Crippen LogP contribution in [0.3, 0.4) is 0 Å². The Morgan fingerprint density at radius 2 is 1.73 bits per heavy atom. The van der Waals surface area contributed by atoms with Crippen molar-refractivity contribution in [3.63, 3.8) is 0 Å². The van der Waals surface area contributed by atoms with Crippen molar-refractivity contribution in [2.24, 2.45) is 0 Å². The summed E-state index contributed by atoms with van der Waals surface area (Å²) in [5.74, 6) is -1.03. The molecule has 1 heterocycles. The van der Waals surface area contributed by atoms with Crippen molar-refractivity contribution < 1.29 is 9.90 Å². The first kappa shape index (κ1) is 14.6. The third-order valence-corrected chi connectivity index (χ3v) is 3.66. The molecular weight excluding hydrogens is 323 g/mol. The molecule has 0 unspecified atom stereocenters. The van der Waals surface area contributed by atoms with Gasteiger partial charge in [0.15, 0.2) is 0 Å². The first-order valence-electron chi connectivity index (χ1n) is 6.39. The van der Waals surface area contributed by atoms with Gasteiger partial charge in [0.05, 0.1) is 16.8 Å². The summed E-state index contributed by atoms with van der Waals surface area (Å²) in [4.78, 5) is 15.6. The van der Waals surface area contributed by atoms with E-state index >= 15 is 0 Å². The highest BCUT2D eigenvalue weighted by Gasteiger charge is 2.12. The van der Waals surface area contributed by atoms with Crippen LogP contribution >= 0.6 is 23.2 Å². The lowest BCUT2D eigenvalue weighted by molar-refractivity contribution is 0.0698. The van der Waals surface area contributed by atoms with Crippen molar-refractivity contribution >= 4 is 51.4 Å². The van der Waals surface area contributed by atoms with E-state index in [0.29, 0.717) is 15.7 Å². The number of halogens is 2. The van der Waals surface area contributed by atoms with E-state index in [1.165, 1.54) is 6.07 Å². The van der Waals surface area contributed by atoms with Crippen LogP contribution in [0, 0.1) is 0 Å². The lowest BCUT2D eigenvalue weighted by Gasteiger charge is -2.12. The van der Waals surface area contributed by atoms with Gasteiger partial charge in [-0.3, -0.25) is 4.98 Å². The van der Waals surface area contributed by atoms with Crippen LogP contribution in [0.5, 0.6) is 0 Å². The second-order valence-corrected chi connectivity index (χ2v) is 5.51. The van der Waals surface area contributed by atoms with Crippen LogP contribution in [-0.4, -0.2) is 16.1 Å². The van der Waals surface area contributed by atoms with Crippen LogP contribution in [0.25, 0.3) is 10.9 Å². The van der Waals surface area contributed by atoms with Crippen molar-refractivity contribution in [1.82, 2.24) is 4.98 Å². The highest BCUT2D eigenvalue weighted by Crippen LogP contribution is 2.30. The molecule has 1 aromatic heterocycles. The van der Waals surface area contributed by atoms with Crippen molar-refractivity contribution in [3.8, 4) is 0 Å². The van der Waals surface area contributed by atoms with E-state index in [1.807, 2.05) is 6.07 Å². The smallest absolute Gasteiger partial charge is 0.337 e. The summed E-state index contributed by atoms with van der Waals surface area (Å²) in [6.07, 6.45) is 1.63. The molecule has 0 fully saturated rings. The van der Waals surface area contributed by atoms with Crippen LogP contribution in [0.2, 0.25) is 10.0 Å². The van der Waals surface area contributed by atoms with Crippen molar-refractivity contribution in [3.05, 3.63) is 64.3 Å². The Hall–Kier alpha value is -2.30. The summed E-state index contributed by atoms with van der Waals surface area (Å²) in [7, 11) is 0. The van der Waals surface area contributed by atoms with Gasteiger partial charge >= 0.3 is 5.97 Å². The van der Waals surface area contributed by atoms with E-state index in [2.05, 4.69) is 10.3 Å². The quantitative estimate of drug-likeness (QED) is 0.709. The molecule has 0 saturated carbocycles. The van der Waals surface area contributed by atoms with E-state index in [-0.39, 0.29) is 5.56 Å². The molecule has 0 aliphatic heterocycles. The Balaban J connectivity index is 2.11. The van der Waals surface area contributed by atoms with Crippen LogP contribution in [0.4, 0.5) is 11.4 Å². The van der Waals surface area contributed by atoms with E-state index in [1.54, 1.807) is 36.5 Å². The standard InChI is InChI=1S/C16H10Cl2N2O2/c17-9-1-3-11-13(5-6-19-14(11)7-9)20-15-8-10(18)2-4-12(15)16(21)22/h1-8H,(H,19,20)(H,21,22). The van der Waals surface area contributed by atoms with Crippen molar-refractivity contribution in [2.45, 2.75) is 0 Å². The molecule has 2 N–H and O–H groups in total. The number of fused-ring (bicyclic) bond motifs is 1. The zero-order chi connectivity index (χ0) is 15.7. The molecular formula is C16H10Cl2N2O2. The van der Waals surface area contributed by atoms with Crippen LogP contribution in [0.1, 0.15) is 10.4 Å². The van der Waals surface area contributed by atoms with E-state index in [0.717, 1.165) is 16.6 Å². The van der Waals surface area contributed by atoms with Gasteiger partial charge in [-0.2, -0.15) is 0 Å².